The maximum absolute atomic E-state index is 12.6. The summed E-state index contributed by atoms with van der Waals surface area (Å²) in [4.78, 5) is 4.61. The van der Waals surface area contributed by atoms with E-state index in [-0.39, 0.29) is 9.41 Å². The SMILES string of the molecule is [C-]#[N+]c1c([N+]#[C-])[n+](B(F)F)c(C(F)(F)F)n1B(F)F.[F-].[F-]. The van der Waals surface area contributed by atoms with E-state index in [1.165, 1.54) is 0 Å². The normalized spacial score (nSPS) is 9.76. The lowest BCUT2D eigenvalue weighted by molar-refractivity contribution is -0.566. The first-order chi connectivity index (χ1) is 8.66. The minimum Gasteiger partial charge on any atom is -1.00 e. The molecule has 0 saturated heterocycles. The van der Waals surface area contributed by atoms with Gasteiger partial charge in [-0.25, -0.2) is 21.7 Å². The molecule has 1 rings (SSSR count). The first-order valence-electron chi connectivity index (χ1n) is 4.25. The summed E-state index contributed by atoms with van der Waals surface area (Å²) in [5, 5.41) is 0. The predicted molar refractivity (Wildman–Crippen MR) is 48.9 cm³/mol. The van der Waals surface area contributed by atoms with E-state index in [2.05, 4.69) is 9.69 Å². The standard InChI is InChI=1S/C6B2F7N4.2FH/c1-16-3-4(17-2)19(8(14)15)5(6(9,10)11)18(3)7(12)13;;/h;2*1H/q+1;;/p-2. The Kier molecular flexibility index (Phi) is 6.92. The summed E-state index contributed by atoms with van der Waals surface area (Å²) >= 11 is 0. The summed E-state index contributed by atoms with van der Waals surface area (Å²) in [7, 11) is -7.78. The van der Waals surface area contributed by atoms with Crippen molar-refractivity contribution in [3.8, 4) is 0 Å². The van der Waals surface area contributed by atoms with Crippen LogP contribution in [0.15, 0.2) is 0 Å². The fourth-order valence-electron chi connectivity index (χ4n) is 1.38. The lowest BCUT2D eigenvalue weighted by Gasteiger charge is -2.03. The molecule has 21 heavy (non-hydrogen) atoms. The van der Waals surface area contributed by atoms with Crippen LogP contribution in [0.25, 0.3) is 9.69 Å². The van der Waals surface area contributed by atoms with Gasteiger partial charge in [0, 0.05) is 0 Å². The van der Waals surface area contributed by atoms with Gasteiger partial charge >= 0.3 is 32.6 Å². The molecule has 0 aliphatic rings. The van der Waals surface area contributed by atoms with E-state index in [4.69, 9.17) is 13.1 Å². The van der Waals surface area contributed by atoms with E-state index >= 15 is 0 Å². The Bertz CT molecular complexity index is 538. The van der Waals surface area contributed by atoms with Crippen LogP contribution in [0.5, 0.6) is 0 Å². The van der Waals surface area contributed by atoms with E-state index in [1.54, 1.807) is 0 Å². The predicted octanol–water partition coefficient (Wildman–Crippen LogP) is -3.55. The van der Waals surface area contributed by atoms with Gasteiger partial charge in [0.1, 0.15) is 0 Å². The summed E-state index contributed by atoms with van der Waals surface area (Å²) < 4.78 is 86.1. The molecule has 0 bridgehead atoms. The zero-order chi connectivity index (χ0) is 15.0. The van der Waals surface area contributed by atoms with Crippen molar-refractivity contribution < 1.29 is 44.3 Å². The van der Waals surface area contributed by atoms with Crippen LogP contribution in [0.3, 0.4) is 0 Å². The van der Waals surface area contributed by atoms with Crippen LogP contribution >= 0.6 is 0 Å². The molecule has 0 radical (unpaired) electrons. The summed E-state index contributed by atoms with van der Waals surface area (Å²) in [6.07, 6.45) is -5.57. The van der Waals surface area contributed by atoms with Gasteiger partial charge in [0.2, 0.25) is 0 Å². The van der Waals surface area contributed by atoms with E-state index in [9.17, 15) is 30.4 Å². The molecule has 1 aromatic rings. The molecule has 1 heterocycles. The fourth-order valence-corrected chi connectivity index (χ4v) is 1.38. The molecule has 0 atom stereocenters. The molecule has 4 nitrogen and oxygen atoms in total. The van der Waals surface area contributed by atoms with Crippen molar-refractivity contribution in [3.63, 3.8) is 0 Å². The van der Waals surface area contributed by atoms with Gasteiger partial charge in [-0.15, -0.1) is 0 Å². The van der Waals surface area contributed by atoms with Gasteiger partial charge in [-0.1, -0.05) is 6.57 Å². The van der Waals surface area contributed by atoms with Crippen LogP contribution < -0.4 is 13.9 Å². The average Bonchev–Trinajstić information content (AvgIpc) is 2.62. The topological polar surface area (TPSA) is 17.5 Å². The van der Waals surface area contributed by atoms with Crippen LogP contribution in [-0.2, 0) is 6.18 Å². The maximum Gasteiger partial charge on any atom is 0.925 e. The second kappa shape index (κ2) is 6.92. The van der Waals surface area contributed by atoms with Gasteiger partial charge in [0.25, 0.3) is 5.82 Å². The number of rotatable bonds is 2. The molecule has 0 fully saturated rings. The van der Waals surface area contributed by atoms with Crippen molar-refractivity contribution in [3.05, 3.63) is 28.7 Å². The molecule has 114 valence electrons. The highest BCUT2D eigenvalue weighted by Crippen LogP contribution is 2.36. The minimum atomic E-state index is -5.57. The van der Waals surface area contributed by atoms with Crippen molar-refractivity contribution in [2.45, 2.75) is 6.18 Å². The first-order valence-corrected chi connectivity index (χ1v) is 4.25. The molecule has 0 aromatic carbocycles. The molecule has 0 unspecified atom stereocenters. The Balaban J connectivity index is 0. The van der Waals surface area contributed by atoms with Crippen molar-refractivity contribution in [2.24, 2.45) is 0 Å². The molecule has 15 heteroatoms. The highest BCUT2D eigenvalue weighted by molar-refractivity contribution is 6.42. The van der Waals surface area contributed by atoms with Crippen LogP contribution in [0.1, 0.15) is 5.82 Å². The molecular weight excluding hydrogens is 321 g/mol. The van der Waals surface area contributed by atoms with Crippen molar-refractivity contribution in [2.75, 3.05) is 0 Å². The number of hydrogen-bond donors (Lipinski definition) is 0. The lowest BCUT2D eigenvalue weighted by Crippen LogP contribution is -3.00. The molecule has 0 amide bonds. The fraction of sp³-hybridized carbons (Fsp3) is 0.167. The number of hydrogen-bond acceptors (Lipinski definition) is 0. The van der Waals surface area contributed by atoms with Crippen LogP contribution in [0.4, 0.5) is 42.1 Å². The summed E-state index contributed by atoms with van der Waals surface area (Å²) in [5.74, 6) is -5.43. The molecule has 0 saturated carbocycles. The number of imidazole rings is 1. The smallest absolute Gasteiger partial charge is 0.925 e. The third-order valence-corrected chi connectivity index (χ3v) is 1.97. The molecule has 0 aliphatic heterocycles. The highest BCUT2D eigenvalue weighted by atomic mass is 19.4. The van der Waals surface area contributed by atoms with Gasteiger partial charge in [-0.05, 0) is 0 Å². The van der Waals surface area contributed by atoms with Crippen molar-refractivity contribution in [1.82, 2.24) is 4.48 Å². The Morgan fingerprint density at radius 2 is 1.48 bits per heavy atom. The number of aromatic nitrogens is 2. The van der Waals surface area contributed by atoms with Crippen LogP contribution in [0, 0.1) is 13.1 Å². The Labute approximate surface area is 111 Å². The highest BCUT2D eigenvalue weighted by Gasteiger charge is 2.59. The summed E-state index contributed by atoms with van der Waals surface area (Å²) in [5.41, 5.74) is 0. The molecule has 1 aromatic heterocycles. The van der Waals surface area contributed by atoms with Crippen molar-refractivity contribution >= 4 is 26.4 Å². The van der Waals surface area contributed by atoms with Gasteiger partial charge in [0.05, 0.1) is 6.57 Å². The van der Waals surface area contributed by atoms with Gasteiger partial charge in [0.15, 0.2) is 0 Å². The molecule has 0 N–H and O–H groups in total. The number of alkyl halides is 3. The van der Waals surface area contributed by atoms with Gasteiger partial charge in [-0.3, -0.25) is 0 Å². The molecular formula is C6B2F9N4-. The van der Waals surface area contributed by atoms with Gasteiger partial charge in [-0.2, -0.15) is 22.5 Å². The summed E-state index contributed by atoms with van der Waals surface area (Å²) in [6, 6.07) is 0. The third kappa shape index (κ3) is 3.42. The molecule has 0 spiro atoms. The van der Waals surface area contributed by atoms with E-state index < -0.39 is 47.4 Å². The quantitative estimate of drug-likeness (QED) is 0.305. The van der Waals surface area contributed by atoms with E-state index in [0.29, 0.717) is 0 Å². The zero-order valence-corrected chi connectivity index (χ0v) is 9.35. The zero-order valence-electron chi connectivity index (χ0n) is 9.35. The second-order valence-electron chi connectivity index (χ2n) is 2.99. The van der Waals surface area contributed by atoms with E-state index in [0.717, 1.165) is 0 Å². The van der Waals surface area contributed by atoms with Crippen LogP contribution in [-0.4, -0.2) is 19.3 Å². The van der Waals surface area contributed by atoms with Gasteiger partial charge < -0.3 is 14.3 Å². The average molecular weight is 321 g/mol. The Hall–Kier alpha value is -2.31. The maximum atomic E-state index is 12.6. The first kappa shape index (κ1) is 21.0. The largest absolute Gasteiger partial charge is 1.00 e. The van der Waals surface area contributed by atoms with Crippen molar-refractivity contribution in [1.29, 1.82) is 0 Å². The van der Waals surface area contributed by atoms with Crippen LogP contribution in [0.2, 0.25) is 0 Å². The van der Waals surface area contributed by atoms with E-state index in [1.807, 2.05) is 0 Å². The lowest BCUT2D eigenvalue weighted by atomic mass is 10.2. The Morgan fingerprint density at radius 1 is 1.00 bits per heavy atom. The number of nitrogens with zero attached hydrogens (tertiary/aromatic N) is 4. The molecule has 0 aliphatic carbocycles. The second-order valence-corrected chi connectivity index (χ2v) is 2.99. The minimum absolute atomic E-state index is 0. The summed E-state index contributed by atoms with van der Waals surface area (Å²) in [6.45, 7) is 13.0. The third-order valence-electron chi connectivity index (χ3n) is 1.97. The monoisotopic (exact) mass is 321 g/mol. The number of halogens is 9. The Morgan fingerprint density at radius 3 is 1.71 bits per heavy atom.